The van der Waals surface area contributed by atoms with Crippen LogP contribution in [0.2, 0.25) is 0 Å². The van der Waals surface area contributed by atoms with Gasteiger partial charge in [0.15, 0.2) is 0 Å². The van der Waals surface area contributed by atoms with E-state index in [2.05, 4.69) is 29.0 Å². The monoisotopic (exact) mass is 264 g/mol. The zero-order chi connectivity index (χ0) is 13.8. The Kier molecular flexibility index (Phi) is 4.74. The van der Waals surface area contributed by atoms with Gasteiger partial charge in [-0.05, 0) is 32.1 Å². The van der Waals surface area contributed by atoms with Crippen LogP contribution in [0.1, 0.15) is 24.1 Å². The number of aryl methyl sites for hydroxylation is 1. The van der Waals surface area contributed by atoms with E-state index in [4.69, 9.17) is 10.5 Å². The third-order valence-corrected chi connectivity index (χ3v) is 3.86. The quantitative estimate of drug-likeness (QED) is 0.848. The summed E-state index contributed by atoms with van der Waals surface area (Å²) < 4.78 is 5.94. The Morgan fingerprint density at radius 3 is 3.05 bits per heavy atom. The molecule has 1 aliphatic rings. The third kappa shape index (κ3) is 3.05. The van der Waals surface area contributed by atoms with Crippen molar-refractivity contribution < 1.29 is 4.74 Å². The normalized spacial score (nSPS) is 22.4. The van der Waals surface area contributed by atoms with Crippen LogP contribution < -0.4 is 11.1 Å². The van der Waals surface area contributed by atoms with E-state index in [9.17, 15) is 0 Å². The first-order valence-corrected chi connectivity index (χ1v) is 6.89. The van der Waals surface area contributed by atoms with Crippen LogP contribution in [0.4, 0.5) is 5.82 Å². The van der Waals surface area contributed by atoms with Gasteiger partial charge in [0, 0.05) is 24.8 Å². The lowest BCUT2D eigenvalue weighted by atomic mass is 9.96. The minimum absolute atomic E-state index is 0.0862. The lowest BCUT2D eigenvalue weighted by Crippen LogP contribution is -2.47. The van der Waals surface area contributed by atoms with Crippen molar-refractivity contribution in [2.24, 2.45) is 0 Å². The van der Waals surface area contributed by atoms with Crippen LogP contribution in [0.15, 0.2) is 12.3 Å². The van der Waals surface area contributed by atoms with Gasteiger partial charge < -0.3 is 15.8 Å². The first kappa shape index (κ1) is 14.2. The van der Waals surface area contributed by atoms with Gasteiger partial charge in [-0.3, -0.25) is 4.90 Å². The number of hydrogen-bond acceptors (Lipinski definition) is 5. The summed E-state index contributed by atoms with van der Waals surface area (Å²) in [7, 11) is 1.95. The van der Waals surface area contributed by atoms with Crippen molar-refractivity contribution in [1.29, 1.82) is 0 Å². The van der Waals surface area contributed by atoms with Crippen molar-refractivity contribution in [3.63, 3.8) is 0 Å². The molecule has 1 aromatic heterocycles. The lowest BCUT2D eigenvalue weighted by molar-refractivity contribution is -0.0444. The smallest absolute Gasteiger partial charge is 0.128 e. The number of nitrogens with zero attached hydrogens (tertiary/aromatic N) is 2. The van der Waals surface area contributed by atoms with Gasteiger partial charge in [0.2, 0.25) is 0 Å². The third-order valence-electron chi connectivity index (χ3n) is 3.86. The van der Waals surface area contributed by atoms with Gasteiger partial charge in [-0.1, -0.05) is 6.92 Å². The maximum atomic E-state index is 6.05. The summed E-state index contributed by atoms with van der Waals surface area (Å²) in [5.74, 6) is 0.594. The average molecular weight is 264 g/mol. The van der Waals surface area contributed by atoms with E-state index >= 15 is 0 Å². The van der Waals surface area contributed by atoms with Crippen LogP contribution in [-0.2, 0) is 4.74 Å². The molecular weight excluding hydrogens is 240 g/mol. The molecule has 1 saturated heterocycles. The van der Waals surface area contributed by atoms with Crippen molar-refractivity contribution in [2.75, 3.05) is 39.0 Å². The van der Waals surface area contributed by atoms with E-state index in [-0.39, 0.29) is 12.1 Å². The molecule has 0 spiro atoms. The Labute approximate surface area is 115 Å². The number of aromatic nitrogens is 1. The van der Waals surface area contributed by atoms with E-state index in [1.165, 1.54) is 0 Å². The van der Waals surface area contributed by atoms with E-state index in [0.29, 0.717) is 5.82 Å². The fourth-order valence-corrected chi connectivity index (χ4v) is 2.73. The second-order valence-corrected chi connectivity index (χ2v) is 5.00. The van der Waals surface area contributed by atoms with Crippen molar-refractivity contribution >= 4 is 5.82 Å². The molecule has 2 atom stereocenters. The van der Waals surface area contributed by atoms with Crippen LogP contribution in [0.25, 0.3) is 0 Å². The highest BCUT2D eigenvalue weighted by Crippen LogP contribution is 2.28. The largest absolute Gasteiger partial charge is 0.383 e. The lowest BCUT2D eigenvalue weighted by Gasteiger charge is -2.37. The fourth-order valence-electron chi connectivity index (χ4n) is 2.73. The molecule has 5 heteroatoms. The van der Waals surface area contributed by atoms with Gasteiger partial charge >= 0.3 is 0 Å². The summed E-state index contributed by atoms with van der Waals surface area (Å²) >= 11 is 0. The van der Waals surface area contributed by atoms with Crippen LogP contribution in [0.3, 0.4) is 0 Å². The summed E-state index contributed by atoms with van der Waals surface area (Å²) in [5.41, 5.74) is 8.27. The van der Waals surface area contributed by atoms with Gasteiger partial charge in [-0.2, -0.15) is 0 Å². The number of ether oxygens (including phenoxy) is 1. The maximum Gasteiger partial charge on any atom is 0.128 e. The summed E-state index contributed by atoms with van der Waals surface area (Å²) in [6.07, 6.45) is 1.87. The number of rotatable bonds is 4. The zero-order valence-corrected chi connectivity index (χ0v) is 12.0. The molecule has 2 unspecified atom stereocenters. The Morgan fingerprint density at radius 1 is 1.63 bits per heavy atom. The average Bonchev–Trinajstić information content (AvgIpc) is 2.43. The minimum Gasteiger partial charge on any atom is -0.383 e. The minimum atomic E-state index is 0.0862. The molecule has 3 N–H and O–H groups in total. The number of morpholine rings is 1. The second kappa shape index (κ2) is 6.32. The number of likely N-dealkylation sites (N-methyl/N-ethyl adjacent to an activating group) is 2. The topological polar surface area (TPSA) is 63.4 Å². The van der Waals surface area contributed by atoms with Gasteiger partial charge in [0.1, 0.15) is 5.82 Å². The molecule has 0 aliphatic carbocycles. The predicted molar refractivity (Wildman–Crippen MR) is 77.0 cm³/mol. The number of pyridine rings is 1. The molecule has 0 saturated carbocycles. The molecule has 2 rings (SSSR count). The Balaban J connectivity index is 2.24. The second-order valence-electron chi connectivity index (χ2n) is 5.00. The molecule has 0 radical (unpaired) electrons. The van der Waals surface area contributed by atoms with Crippen molar-refractivity contribution in [2.45, 2.75) is 26.0 Å². The van der Waals surface area contributed by atoms with Gasteiger partial charge in [-0.15, -0.1) is 0 Å². The maximum absolute atomic E-state index is 6.05. The van der Waals surface area contributed by atoms with Crippen molar-refractivity contribution in [3.8, 4) is 0 Å². The summed E-state index contributed by atoms with van der Waals surface area (Å²) in [4.78, 5) is 6.61. The zero-order valence-electron chi connectivity index (χ0n) is 12.0. The molecule has 1 aliphatic heterocycles. The van der Waals surface area contributed by atoms with E-state index < -0.39 is 0 Å². The Hall–Kier alpha value is -1.17. The van der Waals surface area contributed by atoms with Crippen LogP contribution >= 0.6 is 0 Å². The summed E-state index contributed by atoms with van der Waals surface area (Å²) in [5, 5.41) is 3.34. The number of nitrogens with two attached hydrogens (primary N) is 1. The van der Waals surface area contributed by atoms with E-state index in [0.717, 1.165) is 37.4 Å². The fraction of sp³-hybridized carbons (Fsp3) is 0.643. The number of anilines is 1. The first-order valence-electron chi connectivity index (χ1n) is 6.89. The molecule has 0 bridgehead atoms. The standard InChI is InChI=1S/C14H24N4O/c1-4-18-7-8-19-11(9-18)13(16-3)12-10(2)5-6-17-14(12)15/h5-6,11,13,16H,4,7-9H2,1-3H3,(H2,15,17). The Morgan fingerprint density at radius 2 is 2.42 bits per heavy atom. The Bertz CT molecular complexity index is 404. The van der Waals surface area contributed by atoms with Crippen LogP contribution in [-0.4, -0.2) is 49.3 Å². The number of nitrogens with one attached hydrogen (secondary N) is 1. The molecule has 106 valence electrons. The van der Waals surface area contributed by atoms with Crippen molar-refractivity contribution in [1.82, 2.24) is 15.2 Å². The van der Waals surface area contributed by atoms with Gasteiger partial charge in [0.25, 0.3) is 0 Å². The number of hydrogen-bond donors (Lipinski definition) is 2. The molecule has 5 nitrogen and oxygen atoms in total. The SMILES string of the molecule is CCN1CCOC(C(NC)c2c(C)ccnc2N)C1. The first-order chi connectivity index (χ1) is 9.17. The molecule has 19 heavy (non-hydrogen) atoms. The summed E-state index contributed by atoms with van der Waals surface area (Å²) in [6.45, 7) is 8.01. The number of nitrogen functional groups attached to an aromatic ring is 1. The molecular formula is C14H24N4O. The molecule has 1 fully saturated rings. The van der Waals surface area contributed by atoms with Crippen LogP contribution in [0, 0.1) is 6.92 Å². The highest BCUT2D eigenvalue weighted by Gasteiger charge is 2.30. The van der Waals surface area contributed by atoms with E-state index in [1.54, 1.807) is 6.20 Å². The predicted octanol–water partition coefficient (Wildman–Crippen LogP) is 0.953. The van der Waals surface area contributed by atoms with Gasteiger partial charge in [-0.25, -0.2) is 4.98 Å². The molecule has 2 heterocycles. The van der Waals surface area contributed by atoms with Crippen molar-refractivity contribution in [3.05, 3.63) is 23.4 Å². The summed E-state index contributed by atoms with van der Waals surface area (Å²) in [6, 6.07) is 2.08. The molecule has 0 aromatic carbocycles. The molecule has 1 aromatic rings. The highest BCUT2D eigenvalue weighted by molar-refractivity contribution is 5.46. The highest BCUT2D eigenvalue weighted by atomic mass is 16.5. The van der Waals surface area contributed by atoms with Gasteiger partial charge in [0.05, 0.1) is 18.8 Å². The van der Waals surface area contributed by atoms with E-state index in [1.807, 2.05) is 13.1 Å². The van der Waals surface area contributed by atoms with Crippen LogP contribution in [0.5, 0.6) is 0 Å². The molecule has 0 amide bonds.